The molecule has 178 valence electrons. The predicted octanol–water partition coefficient (Wildman–Crippen LogP) is 3.36. The summed E-state index contributed by atoms with van der Waals surface area (Å²) >= 11 is 0. The summed E-state index contributed by atoms with van der Waals surface area (Å²) in [6.07, 6.45) is 0.884. The number of nitrogens with one attached hydrogen (secondary N) is 2. The average Bonchev–Trinajstić information content (AvgIpc) is 3.47. The van der Waals surface area contributed by atoms with Crippen LogP contribution >= 0.6 is 0 Å². The minimum absolute atomic E-state index is 0.118. The van der Waals surface area contributed by atoms with Gasteiger partial charge >= 0.3 is 0 Å². The number of aromatic amines is 1. The molecule has 0 spiro atoms. The molecule has 2 fully saturated rings. The van der Waals surface area contributed by atoms with Gasteiger partial charge in [-0.1, -0.05) is 6.07 Å². The van der Waals surface area contributed by atoms with Crippen LogP contribution in [0.25, 0.3) is 10.9 Å². The molecule has 0 aliphatic carbocycles. The van der Waals surface area contributed by atoms with Crippen molar-refractivity contribution >= 4 is 34.1 Å². The second-order valence-corrected chi connectivity index (χ2v) is 9.16. The SMILES string of the molecule is Cc1ccc(F)c2cc(C(=O)Nc3cc(F)cc(N4CCC(N5CCN(C)C(=O)C5)C4)c3)[nH]c12. The molecule has 0 bridgehead atoms. The highest BCUT2D eigenvalue weighted by Crippen LogP contribution is 2.28. The molecule has 2 aliphatic heterocycles. The Balaban J connectivity index is 1.31. The van der Waals surface area contributed by atoms with Crippen LogP contribution in [0, 0.1) is 18.6 Å². The van der Waals surface area contributed by atoms with Gasteiger partial charge in [0.1, 0.15) is 17.3 Å². The lowest BCUT2D eigenvalue weighted by Gasteiger charge is -2.35. The van der Waals surface area contributed by atoms with Gasteiger partial charge in [0.05, 0.1) is 12.1 Å². The summed E-state index contributed by atoms with van der Waals surface area (Å²) in [5.74, 6) is -1.21. The molecule has 1 aromatic heterocycles. The number of hydrogen-bond acceptors (Lipinski definition) is 4. The molecular weight excluding hydrogens is 440 g/mol. The maximum Gasteiger partial charge on any atom is 0.272 e. The highest BCUT2D eigenvalue weighted by atomic mass is 19.1. The first-order valence-electron chi connectivity index (χ1n) is 11.4. The van der Waals surface area contributed by atoms with Gasteiger partial charge in [0.2, 0.25) is 5.91 Å². The summed E-state index contributed by atoms with van der Waals surface area (Å²) in [6, 6.07) is 9.17. The monoisotopic (exact) mass is 467 g/mol. The van der Waals surface area contributed by atoms with Crippen molar-refractivity contribution in [2.45, 2.75) is 19.4 Å². The average molecular weight is 468 g/mol. The number of hydrogen-bond donors (Lipinski definition) is 2. The predicted molar refractivity (Wildman–Crippen MR) is 127 cm³/mol. The number of rotatable bonds is 4. The van der Waals surface area contributed by atoms with Gasteiger partial charge in [0.25, 0.3) is 5.91 Å². The topological polar surface area (TPSA) is 71.7 Å². The van der Waals surface area contributed by atoms with Crippen molar-refractivity contribution in [2.75, 3.05) is 50.0 Å². The molecular formula is C25H27F2N5O2. The fraction of sp³-hybridized carbons (Fsp3) is 0.360. The molecule has 9 heteroatoms. The quantitative estimate of drug-likeness (QED) is 0.617. The maximum absolute atomic E-state index is 14.5. The van der Waals surface area contributed by atoms with Gasteiger partial charge in [-0.3, -0.25) is 14.5 Å². The largest absolute Gasteiger partial charge is 0.370 e. The summed E-state index contributed by atoms with van der Waals surface area (Å²) in [4.78, 5) is 33.9. The summed E-state index contributed by atoms with van der Waals surface area (Å²) in [7, 11) is 1.82. The number of carbonyl (C=O) groups excluding carboxylic acids is 2. The van der Waals surface area contributed by atoms with Crippen LogP contribution in [0.5, 0.6) is 0 Å². The number of likely N-dealkylation sites (N-methyl/N-ethyl adjacent to an activating group) is 1. The number of benzene rings is 2. The normalized spacial score (nSPS) is 19.3. The summed E-state index contributed by atoms with van der Waals surface area (Å²) in [5.41, 5.74) is 2.60. The Kier molecular flexibility index (Phi) is 5.73. The first-order chi connectivity index (χ1) is 16.3. The molecule has 2 aliphatic rings. The smallest absolute Gasteiger partial charge is 0.272 e. The van der Waals surface area contributed by atoms with Gasteiger partial charge in [-0.15, -0.1) is 0 Å². The van der Waals surface area contributed by atoms with E-state index >= 15 is 0 Å². The molecule has 1 unspecified atom stereocenters. The van der Waals surface area contributed by atoms with Crippen molar-refractivity contribution < 1.29 is 18.4 Å². The first kappa shape index (κ1) is 22.3. The second-order valence-electron chi connectivity index (χ2n) is 9.16. The lowest BCUT2D eigenvalue weighted by atomic mass is 10.1. The van der Waals surface area contributed by atoms with Crippen LogP contribution in [0.2, 0.25) is 0 Å². The molecule has 2 aromatic carbocycles. The molecule has 7 nitrogen and oxygen atoms in total. The van der Waals surface area contributed by atoms with Crippen molar-refractivity contribution in [1.82, 2.24) is 14.8 Å². The van der Waals surface area contributed by atoms with E-state index in [2.05, 4.69) is 20.1 Å². The zero-order valence-corrected chi connectivity index (χ0v) is 19.2. The van der Waals surface area contributed by atoms with Crippen LogP contribution < -0.4 is 10.2 Å². The van der Waals surface area contributed by atoms with E-state index in [1.807, 2.05) is 14.0 Å². The van der Waals surface area contributed by atoms with Gasteiger partial charge < -0.3 is 20.1 Å². The fourth-order valence-electron chi connectivity index (χ4n) is 4.84. The van der Waals surface area contributed by atoms with Crippen molar-refractivity contribution in [2.24, 2.45) is 0 Å². The van der Waals surface area contributed by atoms with Crippen molar-refractivity contribution in [1.29, 1.82) is 0 Å². The number of aryl methyl sites for hydroxylation is 1. The number of amides is 2. The standard InChI is InChI=1S/C25H27F2N5O2/c1-15-3-4-21(27)20-12-22(29-24(15)20)25(34)28-17-9-16(26)10-19(11-17)31-6-5-18(13-31)32-8-7-30(2)23(33)14-32/h3-4,9-12,18,29H,5-8,13-14H2,1-2H3,(H,28,34). The molecule has 3 heterocycles. The minimum atomic E-state index is -0.471. The van der Waals surface area contributed by atoms with Crippen LogP contribution in [0.3, 0.4) is 0 Å². The third-order valence-electron chi connectivity index (χ3n) is 6.87. The van der Waals surface area contributed by atoms with Gasteiger partial charge in [-0.05, 0) is 49.2 Å². The van der Waals surface area contributed by atoms with Crippen LogP contribution in [0.4, 0.5) is 20.2 Å². The molecule has 34 heavy (non-hydrogen) atoms. The van der Waals surface area contributed by atoms with Crippen LogP contribution in [0.15, 0.2) is 36.4 Å². The fourth-order valence-corrected chi connectivity index (χ4v) is 4.84. The molecule has 3 aromatic rings. The van der Waals surface area contributed by atoms with Crippen molar-refractivity contribution in [3.63, 3.8) is 0 Å². The Labute approximate surface area is 196 Å². The number of H-pyrrole nitrogens is 1. The zero-order valence-electron chi connectivity index (χ0n) is 19.2. The van der Waals surface area contributed by atoms with Gasteiger partial charge in [0.15, 0.2) is 0 Å². The minimum Gasteiger partial charge on any atom is -0.370 e. The number of anilines is 2. The third-order valence-corrected chi connectivity index (χ3v) is 6.87. The Morgan fingerprint density at radius 3 is 2.71 bits per heavy atom. The number of halogens is 2. The number of aromatic nitrogens is 1. The summed E-state index contributed by atoms with van der Waals surface area (Å²) in [5, 5.41) is 3.07. The molecule has 5 rings (SSSR count). The van der Waals surface area contributed by atoms with E-state index in [0.29, 0.717) is 41.9 Å². The second kappa shape index (κ2) is 8.72. The molecule has 1 atom stereocenters. The van der Waals surface area contributed by atoms with Crippen LogP contribution in [-0.4, -0.2) is 72.4 Å². The van der Waals surface area contributed by atoms with E-state index in [1.54, 1.807) is 17.0 Å². The summed E-state index contributed by atoms with van der Waals surface area (Å²) in [6.45, 7) is 5.21. The van der Waals surface area contributed by atoms with Crippen molar-refractivity contribution in [3.8, 4) is 0 Å². The Bertz CT molecular complexity index is 1230. The lowest BCUT2D eigenvalue weighted by Crippen LogP contribution is -2.52. The maximum atomic E-state index is 14.5. The number of carbonyl (C=O) groups is 2. The summed E-state index contributed by atoms with van der Waals surface area (Å²) < 4.78 is 28.6. The molecule has 0 saturated carbocycles. The Hall–Kier alpha value is -3.46. The van der Waals surface area contributed by atoms with Crippen molar-refractivity contribution in [3.05, 3.63) is 59.3 Å². The van der Waals surface area contributed by atoms with E-state index in [0.717, 1.165) is 25.1 Å². The third kappa shape index (κ3) is 4.23. The Morgan fingerprint density at radius 2 is 1.94 bits per heavy atom. The van der Waals surface area contributed by atoms with E-state index in [9.17, 15) is 18.4 Å². The number of nitrogens with zero attached hydrogens (tertiary/aromatic N) is 3. The van der Waals surface area contributed by atoms with E-state index < -0.39 is 17.5 Å². The van der Waals surface area contributed by atoms with Gasteiger partial charge in [-0.25, -0.2) is 8.78 Å². The van der Waals surface area contributed by atoms with E-state index in [1.165, 1.54) is 24.3 Å². The Morgan fingerprint density at radius 1 is 1.12 bits per heavy atom. The first-order valence-corrected chi connectivity index (χ1v) is 11.4. The molecule has 0 radical (unpaired) electrons. The van der Waals surface area contributed by atoms with Crippen LogP contribution in [-0.2, 0) is 4.79 Å². The lowest BCUT2D eigenvalue weighted by molar-refractivity contribution is -0.135. The molecule has 2 amide bonds. The van der Waals surface area contributed by atoms with Gasteiger partial charge in [0, 0.05) is 56.0 Å². The molecule has 2 N–H and O–H groups in total. The zero-order chi connectivity index (χ0) is 24.0. The highest BCUT2D eigenvalue weighted by Gasteiger charge is 2.32. The van der Waals surface area contributed by atoms with Crippen LogP contribution in [0.1, 0.15) is 22.5 Å². The number of piperazine rings is 1. The van der Waals surface area contributed by atoms with E-state index in [4.69, 9.17) is 0 Å². The van der Waals surface area contributed by atoms with E-state index in [-0.39, 0.29) is 17.6 Å². The highest BCUT2D eigenvalue weighted by molar-refractivity contribution is 6.06. The van der Waals surface area contributed by atoms with Gasteiger partial charge in [-0.2, -0.15) is 0 Å². The molecule has 2 saturated heterocycles. The number of fused-ring (bicyclic) bond motifs is 1.